The Morgan fingerprint density at radius 2 is 2.29 bits per heavy atom. The highest BCUT2D eigenvalue weighted by Crippen LogP contribution is 2.21. The first-order chi connectivity index (χ1) is 8.04. The van der Waals surface area contributed by atoms with Gasteiger partial charge in [-0.15, -0.1) is 0 Å². The van der Waals surface area contributed by atoms with Gasteiger partial charge < -0.3 is 4.74 Å². The van der Waals surface area contributed by atoms with Crippen LogP contribution in [0.3, 0.4) is 0 Å². The molecule has 0 aliphatic carbocycles. The lowest BCUT2D eigenvalue weighted by molar-refractivity contribution is -0.143. The zero-order valence-electron chi connectivity index (χ0n) is 9.70. The van der Waals surface area contributed by atoms with Crippen LogP contribution in [0, 0.1) is 11.7 Å². The van der Waals surface area contributed by atoms with Gasteiger partial charge in [-0.25, -0.2) is 4.39 Å². The fraction of sp³-hybridized carbons (Fsp3) is 0.417. The molecule has 1 unspecified atom stereocenters. The first kappa shape index (κ1) is 14.5. The molecule has 0 spiro atoms. The summed E-state index contributed by atoms with van der Waals surface area (Å²) in [5.41, 5.74) is 0.648. The lowest BCUT2D eigenvalue weighted by Gasteiger charge is -2.09. The summed E-state index contributed by atoms with van der Waals surface area (Å²) < 4.78 is 18.8. The Morgan fingerprint density at radius 3 is 2.88 bits per heavy atom. The van der Waals surface area contributed by atoms with E-state index in [2.05, 4.69) is 20.7 Å². The maximum atomic E-state index is 13.5. The third kappa shape index (κ3) is 4.68. The number of esters is 1. The number of halogens is 2. The second-order valence-electron chi connectivity index (χ2n) is 3.68. The van der Waals surface area contributed by atoms with Gasteiger partial charge in [0.25, 0.3) is 0 Å². The number of thioether (sulfide) groups is 1. The third-order valence-corrected chi connectivity index (χ3v) is 3.99. The normalized spacial score (nSPS) is 12.2. The number of hydrogen-bond acceptors (Lipinski definition) is 3. The first-order valence-electron chi connectivity index (χ1n) is 5.14. The molecule has 1 aromatic rings. The summed E-state index contributed by atoms with van der Waals surface area (Å²) in [6, 6.07) is 5.00. The molecule has 0 fully saturated rings. The summed E-state index contributed by atoms with van der Waals surface area (Å²) in [4.78, 5) is 11.1. The Kier molecular flexibility index (Phi) is 5.98. The second kappa shape index (κ2) is 7.01. The van der Waals surface area contributed by atoms with Gasteiger partial charge in [0, 0.05) is 16.0 Å². The van der Waals surface area contributed by atoms with Crippen molar-refractivity contribution in [2.24, 2.45) is 5.92 Å². The fourth-order valence-corrected chi connectivity index (χ4v) is 2.65. The van der Waals surface area contributed by atoms with E-state index in [1.807, 2.05) is 6.07 Å². The molecule has 0 heterocycles. The maximum absolute atomic E-state index is 13.5. The van der Waals surface area contributed by atoms with Crippen LogP contribution in [0.15, 0.2) is 22.7 Å². The minimum Gasteiger partial charge on any atom is -0.469 e. The predicted molar refractivity (Wildman–Crippen MR) is 71.4 cm³/mol. The molecular formula is C12H14BrFO2S. The van der Waals surface area contributed by atoms with E-state index in [-0.39, 0.29) is 17.7 Å². The van der Waals surface area contributed by atoms with E-state index in [1.165, 1.54) is 24.9 Å². The molecule has 0 aliphatic heterocycles. The Balaban J connectivity index is 2.43. The van der Waals surface area contributed by atoms with Gasteiger partial charge in [-0.05, 0) is 17.7 Å². The van der Waals surface area contributed by atoms with Gasteiger partial charge in [0.2, 0.25) is 0 Å². The number of methoxy groups -OCH3 is 1. The fourth-order valence-electron chi connectivity index (χ4n) is 1.25. The lowest BCUT2D eigenvalue weighted by Crippen LogP contribution is -2.14. The van der Waals surface area contributed by atoms with E-state index >= 15 is 0 Å². The highest BCUT2D eigenvalue weighted by Gasteiger charge is 2.13. The zero-order chi connectivity index (χ0) is 12.8. The molecule has 0 N–H and O–H groups in total. The van der Waals surface area contributed by atoms with E-state index in [0.717, 1.165) is 4.47 Å². The van der Waals surface area contributed by atoms with Gasteiger partial charge in [0.15, 0.2) is 0 Å². The van der Waals surface area contributed by atoms with Gasteiger partial charge in [-0.2, -0.15) is 11.8 Å². The van der Waals surface area contributed by atoms with E-state index in [4.69, 9.17) is 0 Å². The van der Waals surface area contributed by atoms with Crippen LogP contribution in [0.1, 0.15) is 12.5 Å². The molecule has 1 aromatic carbocycles. The molecule has 0 amide bonds. The summed E-state index contributed by atoms with van der Waals surface area (Å²) in [6.45, 7) is 1.80. The summed E-state index contributed by atoms with van der Waals surface area (Å²) in [7, 11) is 1.37. The van der Waals surface area contributed by atoms with Crippen molar-refractivity contribution in [2.45, 2.75) is 12.7 Å². The van der Waals surface area contributed by atoms with Crippen molar-refractivity contribution in [1.82, 2.24) is 0 Å². The standard InChI is InChI=1S/C12H14BrFO2S/c1-8(12(15)16-2)6-17-7-9-3-4-10(13)5-11(9)14/h3-5,8H,6-7H2,1-2H3. The third-order valence-electron chi connectivity index (χ3n) is 2.24. The van der Waals surface area contributed by atoms with Crippen molar-refractivity contribution < 1.29 is 13.9 Å². The van der Waals surface area contributed by atoms with Crippen LogP contribution in [0.5, 0.6) is 0 Å². The summed E-state index contributed by atoms with van der Waals surface area (Å²) >= 11 is 4.73. The minimum atomic E-state index is -0.228. The predicted octanol–water partition coefficient (Wildman–Crippen LogP) is 3.63. The lowest BCUT2D eigenvalue weighted by atomic mass is 10.2. The van der Waals surface area contributed by atoms with Crippen LogP contribution in [0.4, 0.5) is 4.39 Å². The van der Waals surface area contributed by atoms with Crippen molar-refractivity contribution >= 4 is 33.7 Å². The Hall–Kier alpha value is -0.550. The molecule has 0 aromatic heterocycles. The van der Waals surface area contributed by atoms with E-state index in [9.17, 15) is 9.18 Å². The molecule has 2 nitrogen and oxygen atoms in total. The number of carbonyl (C=O) groups excluding carboxylic acids is 1. The number of rotatable bonds is 5. The topological polar surface area (TPSA) is 26.3 Å². The number of carbonyl (C=O) groups is 1. The largest absolute Gasteiger partial charge is 0.469 e. The highest BCUT2D eigenvalue weighted by atomic mass is 79.9. The average molecular weight is 321 g/mol. The Bertz CT molecular complexity index is 398. The molecule has 0 bridgehead atoms. The molecule has 5 heteroatoms. The average Bonchev–Trinajstić information content (AvgIpc) is 2.30. The summed E-state index contributed by atoms with van der Waals surface area (Å²) in [5, 5.41) is 0. The summed E-state index contributed by atoms with van der Waals surface area (Å²) in [6.07, 6.45) is 0. The quantitative estimate of drug-likeness (QED) is 0.775. The number of ether oxygens (including phenoxy) is 1. The van der Waals surface area contributed by atoms with Crippen LogP contribution in [0.25, 0.3) is 0 Å². The highest BCUT2D eigenvalue weighted by molar-refractivity contribution is 9.10. The van der Waals surface area contributed by atoms with Crippen molar-refractivity contribution in [3.8, 4) is 0 Å². The Labute approximate surface area is 113 Å². The SMILES string of the molecule is COC(=O)C(C)CSCc1ccc(Br)cc1F. The maximum Gasteiger partial charge on any atom is 0.309 e. The van der Waals surface area contributed by atoms with Gasteiger partial charge in [-0.3, -0.25) is 4.79 Å². The van der Waals surface area contributed by atoms with Crippen LogP contribution in [0.2, 0.25) is 0 Å². The smallest absolute Gasteiger partial charge is 0.309 e. The van der Waals surface area contributed by atoms with Crippen LogP contribution in [-0.2, 0) is 15.3 Å². The molecule has 0 radical (unpaired) electrons. The van der Waals surface area contributed by atoms with Gasteiger partial charge >= 0.3 is 5.97 Å². The summed E-state index contributed by atoms with van der Waals surface area (Å²) in [5.74, 6) is 0.567. The molecular weight excluding hydrogens is 307 g/mol. The van der Waals surface area contributed by atoms with Crippen molar-refractivity contribution in [2.75, 3.05) is 12.9 Å². The van der Waals surface area contributed by atoms with Crippen LogP contribution < -0.4 is 0 Å². The van der Waals surface area contributed by atoms with Crippen molar-refractivity contribution in [3.05, 3.63) is 34.1 Å². The molecule has 17 heavy (non-hydrogen) atoms. The monoisotopic (exact) mass is 320 g/mol. The zero-order valence-corrected chi connectivity index (χ0v) is 12.1. The molecule has 0 saturated heterocycles. The number of benzene rings is 1. The van der Waals surface area contributed by atoms with E-state index < -0.39 is 0 Å². The van der Waals surface area contributed by atoms with Crippen LogP contribution >= 0.6 is 27.7 Å². The molecule has 0 aliphatic rings. The molecule has 0 saturated carbocycles. The Morgan fingerprint density at radius 1 is 1.59 bits per heavy atom. The molecule has 1 atom stereocenters. The molecule has 94 valence electrons. The second-order valence-corrected chi connectivity index (χ2v) is 5.62. The van der Waals surface area contributed by atoms with Crippen molar-refractivity contribution in [3.63, 3.8) is 0 Å². The molecule has 1 rings (SSSR count). The van der Waals surface area contributed by atoms with E-state index in [1.54, 1.807) is 13.0 Å². The van der Waals surface area contributed by atoms with Gasteiger partial charge in [0.1, 0.15) is 5.82 Å². The number of hydrogen-bond donors (Lipinski definition) is 0. The van der Waals surface area contributed by atoms with Crippen molar-refractivity contribution in [1.29, 1.82) is 0 Å². The van der Waals surface area contributed by atoms with E-state index in [0.29, 0.717) is 17.1 Å². The minimum absolute atomic E-state index is 0.163. The first-order valence-corrected chi connectivity index (χ1v) is 7.09. The van der Waals surface area contributed by atoms with Gasteiger partial charge in [-0.1, -0.05) is 28.9 Å². The van der Waals surface area contributed by atoms with Gasteiger partial charge in [0.05, 0.1) is 13.0 Å². The van der Waals surface area contributed by atoms with Crippen LogP contribution in [-0.4, -0.2) is 18.8 Å².